The van der Waals surface area contributed by atoms with E-state index in [-0.39, 0.29) is 17.2 Å². The van der Waals surface area contributed by atoms with Crippen molar-refractivity contribution in [3.8, 4) is 5.75 Å². The van der Waals surface area contributed by atoms with E-state index in [0.29, 0.717) is 23.3 Å². The van der Waals surface area contributed by atoms with Crippen LogP contribution in [0.1, 0.15) is 34.1 Å². The van der Waals surface area contributed by atoms with Crippen LogP contribution in [0.3, 0.4) is 0 Å². The minimum absolute atomic E-state index is 0.0110. The van der Waals surface area contributed by atoms with Crippen LogP contribution in [-0.4, -0.2) is 27.5 Å². The summed E-state index contributed by atoms with van der Waals surface area (Å²) in [5.41, 5.74) is 2.51. The Kier molecular flexibility index (Phi) is 5.08. The van der Waals surface area contributed by atoms with Crippen LogP contribution in [0.15, 0.2) is 36.5 Å². The first-order chi connectivity index (χ1) is 13.9. The molecule has 0 saturated heterocycles. The van der Waals surface area contributed by atoms with Gasteiger partial charge in [0.25, 0.3) is 0 Å². The van der Waals surface area contributed by atoms with E-state index in [1.807, 2.05) is 45.9 Å². The number of nitrogens with zero attached hydrogens (tertiary/aromatic N) is 3. The van der Waals surface area contributed by atoms with Crippen molar-refractivity contribution in [2.75, 3.05) is 11.9 Å². The Bertz CT molecular complexity index is 1030. The third-order valence-corrected chi connectivity index (χ3v) is 6.53. The Morgan fingerprint density at radius 1 is 1.17 bits per heavy atom. The lowest BCUT2D eigenvalue weighted by Gasteiger charge is -2.19. The predicted molar refractivity (Wildman–Crippen MR) is 113 cm³/mol. The number of aromatic nitrogens is 3. The first-order valence-corrected chi connectivity index (χ1v) is 10.4. The highest BCUT2D eigenvalue weighted by Crippen LogP contribution is 2.55. The second-order valence-corrected chi connectivity index (χ2v) is 8.79. The van der Waals surface area contributed by atoms with Crippen LogP contribution in [0.25, 0.3) is 0 Å². The number of thiazole rings is 1. The molecule has 2 heterocycles. The van der Waals surface area contributed by atoms with Crippen LogP contribution in [0.5, 0.6) is 5.75 Å². The maximum Gasteiger partial charge on any atom is 0.230 e. The quantitative estimate of drug-likeness (QED) is 0.663. The Hall–Kier alpha value is -2.80. The van der Waals surface area contributed by atoms with Crippen molar-refractivity contribution in [1.29, 1.82) is 0 Å². The number of ether oxygens (including phenoxy) is 1. The van der Waals surface area contributed by atoms with Gasteiger partial charge in [0.1, 0.15) is 5.82 Å². The van der Waals surface area contributed by atoms with Crippen LogP contribution < -0.4 is 10.1 Å². The zero-order valence-electron chi connectivity index (χ0n) is 17.0. The van der Waals surface area contributed by atoms with Crippen LogP contribution in [0.2, 0.25) is 0 Å². The lowest BCUT2D eigenvalue weighted by Crippen LogP contribution is -2.26. The molecule has 2 aromatic heterocycles. The largest absolute Gasteiger partial charge is 0.489 e. The smallest absolute Gasteiger partial charge is 0.230 e. The molecule has 1 aromatic carbocycles. The van der Waals surface area contributed by atoms with E-state index in [1.54, 1.807) is 6.20 Å². The fourth-order valence-electron chi connectivity index (χ4n) is 3.62. The summed E-state index contributed by atoms with van der Waals surface area (Å²) in [5, 5.41) is 3.65. The summed E-state index contributed by atoms with van der Waals surface area (Å²) in [6.45, 7) is 8.12. The Balaban J connectivity index is 1.54. The highest BCUT2D eigenvalue weighted by molar-refractivity contribution is 7.15. The predicted octanol–water partition coefficient (Wildman–Crippen LogP) is 4.14. The van der Waals surface area contributed by atoms with E-state index in [0.717, 1.165) is 28.2 Å². The SMILES string of the molecule is Cc1ncc(OC[C@@]2(c3ccccc3)CC2C(=O)Nc2nc(C)c(C)s2)c(C)n1. The Morgan fingerprint density at radius 3 is 2.59 bits per heavy atom. The second-order valence-electron chi connectivity index (χ2n) is 7.58. The van der Waals surface area contributed by atoms with Crippen molar-refractivity contribution in [2.45, 2.75) is 39.5 Å². The van der Waals surface area contributed by atoms with Gasteiger partial charge in [0.2, 0.25) is 5.91 Å². The molecule has 2 atom stereocenters. The molecule has 0 aliphatic heterocycles. The molecule has 3 aromatic rings. The molecule has 1 aliphatic rings. The van der Waals surface area contributed by atoms with Gasteiger partial charge in [-0.3, -0.25) is 4.79 Å². The van der Waals surface area contributed by atoms with Crippen LogP contribution in [0, 0.1) is 33.6 Å². The summed E-state index contributed by atoms with van der Waals surface area (Å²) in [5.74, 6) is 1.19. The topological polar surface area (TPSA) is 77.0 Å². The van der Waals surface area contributed by atoms with Gasteiger partial charge in [0.15, 0.2) is 10.9 Å². The number of anilines is 1. The van der Waals surface area contributed by atoms with Gasteiger partial charge < -0.3 is 10.1 Å². The van der Waals surface area contributed by atoms with E-state index in [2.05, 4.69) is 32.4 Å². The van der Waals surface area contributed by atoms with Crippen molar-refractivity contribution < 1.29 is 9.53 Å². The molecule has 4 rings (SSSR count). The molecule has 6 nitrogen and oxygen atoms in total. The third kappa shape index (κ3) is 3.87. The molecule has 7 heteroatoms. The highest BCUT2D eigenvalue weighted by atomic mass is 32.1. The van der Waals surface area contributed by atoms with Crippen molar-refractivity contribution in [2.24, 2.45) is 5.92 Å². The molecule has 150 valence electrons. The van der Waals surface area contributed by atoms with Crippen molar-refractivity contribution in [3.05, 3.63) is 64.2 Å². The average Bonchev–Trinajstić information content (AvgIpc) is 3.35. The first kappa shape index (κ1) is 19.5. The molecule has 0 bridgehead atoms. The van der Waals surface area contributed by atoms with Gasteiger partial charge >= 0.3 is 0 Å². The van der Waals surface area contributed by atoms with E-state index < -0.39 is 0 Å². The summed E-state index contributed by atoms with van der Waals surface area (Å²) in [4.78, 5) is 27.1. The second kappa shape index (κ2) is 7.55. The minimum Gasteiger partial charge on any atom is -0.489 e. The van der Waals surface area contributed by atoms with Gasteiger partial charge in [-0.2, -0.15) is 0 Å². The number of amides is 1. The average molecular weight is 409 g/mol. The molecular weight excluding hydrogens is 384 g/mol. The maximum absolute atomic E-state index is 13.0. The summed E-state index contributed by atoms with van der Waals surface area (Å²) >= 11 is 1.51. The summed E-state index contributed by atoms with van der Waals surface area (Å²) in [6.07, 6.45) is 2.44. The molecule has 0 spiro atoms. The van der Waals surface area contributed by atoms with Gasteiger partial charge in [-0.1, -0.05) is 30.3 Å². The van der Waals surface area contributed by atoms with Gasteiger partial charge in [-0.05, 0) is 39.7 Å². The third-order valence-electron chi connectivity index (χ3n) is 5.54. The van der Waals surface area contributed by atoms with E-state index in [9.17, 15) is 4.79 Å². The highest BCUT2D eigenvalue weighted by Gasteiger charge is 2.60. The number of carbonyl (C=O) groups is 1. The van der Waals surface area contributed by atoms with Crippen molar-refractivity contribution in [3.63, 3.8) is 0 Å². The maximum atomic E-state index is 13.0. The molecule has 1 amide bonds. The number of rotatable bonds is 6. The van der Waals surface area contributed by atoms with Crippen LogP contribution in [0.4, 0.5) is 5.13 Å². The van der Waals surface area contributed by atoms with E-state index in [4.69, 9.17) is 4.74 Å². The van der Waals surface area contributed by atoms with E-state index in [1.165, 1.54) is 11.3 Å². The Labute approximate surface area is 174 Å². The monoisotopic (exact) mass is 408 g/mol. The molecule has 29 heavy (non-hydrogen) atoms. The van der Waals surface area contributed by atoms with Crippen LogP contribution in [-0.2, 0) is 10.2 Å². The molecule has 1 fully saturated rings. The van der Waals surface area contributed by atoms with Gasteiger partial charge in [0, 0.05) is 10.3 Å². The molecule has 0 radical (unpaired) electrons. The lowest BCUT2D eigenvalue weighted by molar-refractivity contribution is -0.117. The lowest BCUT2D eigenvalue weighted by atomic mass is 9.94. The number of hydrogen-bond acceptors (Lipinski definition) is 6. The first-order valence-electron chi connectivity index (χ1n) is 9.62. The fraction of sp³-hybridized carbons (Fsp3) is 0.364. The molecule has 1 unspecified atom stereocenters. The Morgan fingerprint density at radius 2 is 1.93 bits per heavy atom. The van der Waals surface area contributed by atoms with Crippen molar-refractivity contribution in [1.82, 2.24) is 15.0 Å². The minimum atomic E-state index is -0.357. The zero-order valence-corrected chi connectivity index (χ0v) is 17.8. The number of benzene rings is 1. The van der Waals surface area contributed by atoms with Gasteiger partial charge in [-0.25, -0.2) is 15.0 Å². The van der Waals surface area contributed by atoms with Gasteiger partial charge in [0.05, 0.1) is 30.1 Å². The fourth-order valence-corrected chi connectivity index (χ4v) is 4.44. The molecule has 1 saturated carbocycles. The van der Waals surface area contributed by atoms with Crippen molar-refractivity contribution >= 4 is 22.4 Å². The van der Waals surface area contributed by atoms with Crippen LogP contribution >= 0.6 is 11.3 Å². The number of aryl methyl sites for hydroxylation is 4. The summed E-state index contributed by atoms with van der Waals surface area (Å²) in [7, 11) is 0. The normalized spacial score (nSPS) is 20.3. The summed E-state index contributed by atoms with van der Waals surface area (Å²) < 4.78 is 6.11. The number of nitrogens with one attached hydrogen (secondary N) is 1. The van der Waals surface area contributed by atoms with E-state index >= 15 is 0 Å². The number of hydrogen-bond donors (Lipinski definition) is 1. The molecule has 1 aliphatic carbocycles. The molecule has 1 N–H and O–H groups in total. The molecular formula is C22H24N4O2S. The van der Waals surface area contributed by atoms with Gasteiger partial charge in [-0.15, -0.1) is 11.3 Å². The standard InChI is InChI=1S/C22H24N4O2S/c1-13-15(3)29-21(25-13)26-20(27)18-10-22(18,17-8-6-5-7-9-17)12-28-19-11-23-16(4)24-14(19)2/h5-9,11,18H,10,12H2,1-4H3,(H,25,26,27)/t18?,22-/m1/s1. The number of carbonyl (C=O) groups excluding carboxylic acids is 1. The zero-order chi connectivity index (χ0) is 20.6. The summed E-state index contributed by atoms with van der Waals surface area (Å²) in [6, 6.07) is 10.1.